The molecule has 0 aliphatic carbocycles. The van der Waals surface area contributed by atoms with E-state index in [-0.39, 0.29) is 5.78 Å². The van der Waals surface area contributed by atoms with Crippen molar-refractivity contribution in [1.82, 2.24) is 0 Å². The molecule has 6 nitrogen and oxygen atoms in total. The maximum atomic E-state index is 14.3. The highest BCUT2D eigenvalue weighted by molar-refractivity contribution is 6.30. The average Bonchev–Trinajstić information content (AvgIpc) is 3.24. The Morgan fingerprint density at radius 3 is 2.32 bits per heavy atom. The zero-order chi connectivity index (χ0) is 26.3. The van der Waals surface area contributed by atoms with Gasteiger partial charge in [-0.2, -0.15) is 5.26 Å². The van der Waals surface area contributed by atoms with E-state index < -0.39 is 29.4 Å². The van der Waals surface area contributed by atoms with Crippen LogP contribution >= 0.6 is 11.6 Å². The Morgan fingerprint density at radius 1 is 1.03 bits per heavy atom. The third-order valence-electron chi connectivity index (χ3n) is 7.42. The van der Waals surface area contributed by atoms with Gasteiger partial charge in [-0.3, -0.25) is 9.59 Å². The number of benzene rings is 3. The van der Waals surface area contributed by atoms with Crippen molar-refractivity contribution in [1.29, 1.82) is 5.26 Å². The van der Waals surface area contributed by atoms with E-state index in [1.54, 1.807) is 24.3 Å². The summed E-state index contributed by atoms with van der Waals surface area (Å²) < 4.78 is 5.27. The van der Waals surface area contributed by atoms with Crippen molar-refractivity contribution < 1.29 is 14.3 Å². The minimum Gasteiger partial charge on any atom is -0.468 e. The molecule has 0 amide bonds. The molecule has 0 saturated carbocycles. The van der Waals surface area contributed by atoms with Gasteiger partial charge in [0, 0.05) is 42.0 Å². The SMILES string of the molecule is COC(=O)[C@@]1(C#N)[C@@H](c2ccc(N(C)C)cc2)[C@@H](C(=O)c2ccc(Cl)cc2)N2c3ccccc3C=C[C@@H]21. The molecule has 5 rings (SSSR count). The summed E-state index contributed by atoms with van der Waals surface area (Å²) in [6.45, 7) is 0. The Morgan fingerprint density at radius 2 is 1.70 bits per heavy atom. The van der Waals surface area contributed by atoms with Crippen molar-refractivity contribution in [3.8, 4) is 6.07 Å². The minimum absolute atomic E-state index is 0.200. The lowest BCUT2D eigenvalue weighted by Gasteiger charge is -2.36. The van der Waals surface area contributed by atoms with Gasteiger partial charge in [0.2, 0.25) is 0 Å². The topological polar surface area (TPSA) is 73.6 Å². The maximum Gasteiger partial charge on any atom is 0.329 e. The first-order valence-electron chi connectivity index (χ1n) is 12.0. The van der Waals surface area contributed by atoms with Crippen molar-refractivity contribution in [3.63, 3.8) is 0 Å². The molecule has 1 fully saturated rings. The average molecular weight is 512 g/mol. The molecule has 0 N–H and O–H groups in total. The highest BCUT2D eigenvalue weighted by atomic mass is 35.5. The van der Waals surface area contributed by atoms with Crippen LogP contribution in [0.1, 0.15) is 27.4 Å². The zero-order valence-corrected chi connectivity index (χ0v) is 21.5. The Labute approximate surface area is 221 Å². The monoisotopic (exact) mass is 511 g/mol. The number of esters is 1. The van der Waals surface area contributed by atoms with Gasteiger partial charge in [0.25, 0.3) is 0 Å². The number of ether oxygens (including phenoxy) is 1. The molecule has 3 aromatic carbocycles. The summed E-state index contributed by atoms with van der Waals surface area (Å²) in [5, 5.41) is 11.3. The van der Waals surface area contributed by atoms with Gasteiger partial charge in [-0.15, -0.1) is 0 Å². The fourth-order valence-electron chi connectivity index (χ4n) is 5.67. The molecule has 37 heavy (non-hydrogen) atoms. The van der Waals surface area contributed by atoms with Crippen LogP contribution in [0.5, 0.6) is 0 Å². The van der Waals surface area contributed by atoms with E-state index in [1.165, 1.54) is 7.11 Å². The summed E-state index contributed by atoms with van der Waals surface area (Å²) >= 11 is 6.11. The van der Waals surface area contributed by atoms with E-state index in [2.05, 4.69) is 6.07 Å². The van der Waals surface area contributed by atoms with Gasteiger partial charge < -0.3 is 14.5 Å². The van der Waals surface area contributed by atoms with Gasteiger partial charge in [0.15, 0.2) is 11.2 Å². The molecular formula is C30H26ClN3O3. The van der Waals surface area contributed by atoms with E-state index in [0.29, 0.717) is 16.1 Å². The van der Waals surface area contributed by atoms with Crippen molar-refractivity contribution in [2.75, 3.05) is 31.0 Å². The third-order valence-corrected chi connectivity index (χ3v) is 7.67. The van der Waals surface area contributed by atoms with Crippen molar-refractivity contribution in [3.05, 3.63) is 101 Å². The number of methoxy groups -OCH3 is 1. The molecule has 2 heterocycles. The standard InChI is InChI=1S/C30H26ClN3O3/c1-33(2)23-15-10-20(11-16-23)26-27(28(35)21-8-13-22(31)14-9-21)34-24-7-5-4-6-19(24)12-17-25(34)30(26,18-32)29(36)37-3/h4-17,25-27H,1-3H3/t25-,26+,27+,30-/m1/s1. The van der Waals surface area contributed by atoms with Gasteiger partial charge in [-0.1, -0.05) is 54.1 Å². The van der Waals surface area contributed by atoms with Gasteiger partial charge >= 0.3 is 5.97 Å². The highest BCUT2D eigenvalue weighted by Crippen LogP contribution is 2.56. The largest absolute Gasteiger partial charge is 0.468 e. The summed E-state index contributed by atoms with van der Waals surface area (Å²) in [6, 6.07) is 22.8. The minimum atomic E-state index is -1.66. The molecule has 4 atom stereocenters. The van der Waals surface area contributed by atoms with Crippen LogP contribution in [0.4, 0.5) is 11.4 Å². The number of carbonyl (C=O) groups excluding carboxylic acids is 2. The van der Waals surface area contributed by atoms with Gasteiger partial charge in [0.05, 0.1) is 19.2 Å². The van der Waals surface area contributed by atoms with Crippen LogP contribution in [0.2, 0.25) is 5.02 Å². The summed E-state index contributed by atoms with van der Waals surface area (Å²) in [6.07, 6.45) is 3.76. The molecule has 0 aromatic heterocycles. The number of halogens is 1. The van der Waals surface area contributed by atoms with Gasteiger partial charge in [0.1, 0.15) is 6.04 Å². The lowest BCUT2D eigenvalue weighted by molar-refractivity contribution is -0.150. The normalized spacial score (nSPS) is 23.5. The number of anilines is 2. The Balaban J connectivity index is 1.79. The van der Waals surface area contributed by atoms with Crippen LogP contribution in [0.3, 0.4) is 0 Å². The fraction of sp³-hybridized carbons (Fsp3) is 0.233. The lowest BCUT2D eigenvalue weighted by Crippen LogP contribution is -2.46. The van der Waals surface area contributed by atoms with Crippen LogP contribution < -0.4 is 9.80 Å². The van der Waals surface area contributed by atoms with E-state index in [1.807, 2.05) is 84.6 Å². The van der Waals surface area contributed by atoms with Crippen LogP contribution in [0.25, 0.3) is 6.08 Å². The number of nitrogens with zero attached hydrogens (tertiary/aromatic N) is 3. The molecule has 0 unspecified atom stereocenters. The number of rotatable bonds is 5. The number of carbonyl (C=O) groups is 2. The first kappa shape index (κ1) is 24.6. The van der Waals surface area contributed by atoms with Crippen molar-refractivity contribution in [2.45, 2.75) is 18.0 Å². The second-order valence-corrected chi connectivity index (χ2v) is 9.96. The summed E-state index contributed by atoms with van der Waals surface area (Å²) in [4.78, 5) is 31.8. The number of ketones is 1. The number of nitriles is 1. The lowest BCUT2D eigenvalue weighted by atomic mass is 9.68. The first-order valence-corrected chi connectivity index (χ1v) is 12.3. The fourth-order valence-corrected chi connectivity index (χ4v) is 5.80. The molecular weight excluding hydrogens is 486 g/mol. The Hall–Kier alpha value is -4.08. The number of fused-ring (bicyclic) bond motifs is 3. The van der Waals surface area contributed by atoms with Crippen LogP contribution in [-0.4, -0.2) is 45.0 Å². The highest BCUT2D eigenvalue weighted by Gasteiger charge is 2.67. The smallest absolute Gasteiger partial charge is 0.329 e. The molecule has 7 heteroatoms. The van der Waals surface area contributed by atoms with E-state index >= 15 is 0 Å². The number of para-hydroxylation sites is 1. The molecule has 1 saturated heterocycles. The van der Waals surface area contributed by atoms with Crippen LogP contribution in [-0.2, 0) is 9.53 Å². The number of hydrogen-bond acceptors (Lipinski definition) is 6. The van der Waals surface area contributed by atoms with E-state index in [4.69, 9.17) is 16.3 Å². The van der Waals surface area contributed by atoms with Gasteiger partial charge in [-0.05, 0) is 53.6 Å². The molecule has 3 aromatic rings. The summed E-state index contributed by atoms with van der Waals surface area (Å²) in [5.41, 5.74) is 2.17. The van der Waals surface area contributed by atoms with Crippen molar-refractivity contribution >= 4 is 40.8 Å². The molecule has 0 radical (unpaired) electrons. The van der Waals surface area contributed by atoms with Crippen LogP contribution in [0, 0.1) is 16.7 Å². The summed E-state index contributed by atoms with van der Waals surface area (Å²) in [5.74, 6) is -1.67. The number of Topliss-reactive ketones (excluding diaryl/α,β-unsaturated/α-hetero) is 1. The second-order valence-electron chi connectivity index (χ2n) is 9.52. The molecule has 2 aliphatic rings. The third kappa shape index (κ3) is 3.78. The van der Waals surface area contributed by atoms with Crippen molar-refractivity contribution in [2.24, 2.45) is 5.41 Å². The number of hydrogen-bond donors (Lipinski definition) is 0. The van der Waals surface area contributed by atoms with Crippen LogP contribution in [0.15, 0.2) is 78.9 Å². The zero-order valence-electron chi connectivity index (χ0n) is 20.8. The first-order chi connectivity index (χ1) is 17.8. The second kappa shape index (κ2) is 9.42. The van der Waals surface area contributed by atoms with E-state index in [0.717, 1.165) is 16.9 Å². The molecule has 0 spiro atoms. The molecule has 0 bridgehead atoms. The van der Waals surface area contributed by atoms with Gasteiger partial charge in [-0.25, -0.2) is 0 Å². The quantitative estimate of drug-likeness (QED) is 0.340. The summed E-state index contributed by atoms with van der Waals surface area (Å²) in [7, 11) is 5.16. The Kier molecular flexibility index (Phi) is 6.26. The predicted octanol–water partition coefficient (Wildman–Crippen LogP) is 5.34. The van der Waals surface area contributed by atoms with E-state index in [9.17, 15) is 14.9 Å². The molecule has 2 aliphatic heterocycles. The molecule has 186 valence electrons. The predicted molar refractivity (Wildman–Crippen MR) is 145 cm³/mol. The maximum absolute atomic E-state index is 14.3. The Bertz CT molecular complexity index is 1430.